The maximum Gasteiger partial charge on any atom is 0.332 e. The minimum absolute atomic E-state index is 0.191. The molecule has 0 aliphatic carbocycles. The molecule has 0 bridgehead atoms. The van der Waals surface area contributed by atoms with Crippen molar-refractivity contribution in [1.82, 2.24) is 14.5 Å². The van der Waals surface area contributed by atoms with Gasteiger partial charge < -0.3 is 15.0 Å². The van der Waals surface area contributed by atoms with E-state index in [-0.39, 0.29) is 18.0 Å². The molecule has 1 aromatic carbocycles. The Morgan fingerprint density at radius 1 is 1.21 bits per heavy atom. The minimum Gasteiger partial charge on any atom is -0.370 e. The first-order valence-electron chi connectivity index (χ1n) is 10.0. The van der Waals surface area contributed by atoms with E-state index < -0.39 is 11.7 Å². The summed E-state index contributed by atoms with van der Waals surface area (Å²) in [6, 6.07) is 6.32. The van der Waals surface area contributed by atoms with E-state index in [4.69, 9.17) is 4.74 Å². The number of carbonyl (C=O) groups excluding carboxylic acids is 1. The predicted octanol–water partition coefficient (Wildman–Crippen LogP) is -0.834. The number of quaternary nitrogens is 1. The van der Waals surface area contributed by atoms with E-state index in [1.807, 2.05) is 6.92 Å². The van der Waals surface area contributed by atoms with Crippen molar-refractivity contribution in [3.8, 4) is 0 Å². The van der Waals surface area contributed by atoms with Crippen LogP contribution < -0.4 is 21.5 Å². The molecular formula is C20H29N4O4+. The number of nitrogens with zero attached hydrogens (tertiary/aromatic N) is 2. The average Bonchev–Trinajstić information content (AvgIpc) is 2.72. The van der Waals surface area contributed by atoms with Gasteiger partial charge in [-0.05, 0) is 25.5 Å². The Bertz CT molecular complexity index is 943. The number of morpholine rings is 1. The summed E-state index contributed by atoms with van der Waals surface area (Å²) in [6.07, 6.45) is 0.460. The fraction of sp³-hybridized carbons (Fsp3) is 0.550. The van der Waals surface area contributed by atoms with Crippen LogP contribution in [0.3, 0.4) is 0 Å². The van der Waals surface area contributed by atoms with Crippen molar-refractivity contribution in [2.45, 2.75) is 32.9 Å². The minimum atomic E-state index is -0.657. The summed E-state index contributed by atoms with van der Waals surface area (Å²) in [5, 5.41) is 3.43. The molecular weight excluding hydrogens is 360 g/mol. The van der Waals surface area contributed by atoms with Gasteiger partial charge in [0.1, 0.15) is 19.1 Å². The molecule has 28 heavy (non-hydrogen) atoms. The van der Waals surface area contributed by atoms with Gasteiger partial charge >= 0.3 is 5.69 Å². The molecule has 0 radical (unpaired) electrons. The molecule has 1 aliphatic rings. The zero-order valence-electron chi connectivity index (χ0n) is 16.6. The highest BCUT2D eigenvalue weighted by atomic mass is 16.5. The molecule has 8 nitrogen and oxygen atoms in total. The summed E-state index contributed by atoms with van der Waals surface area (Å²) in [5.74, 6) is -0.191. The SMILES string of the molecule is CC[C@H](C(=O)NCC[NH+]1CCOCC1)n1c(=O)n(CC)c(=O)c2ccccc21. The highest BCUT2D eigenvalue weighted by Gasteiger charge is 2.24. The molecule has 2 aromatic rings. The summed E-state index contributed by atoms with van der Waals surface area (Å²) in [4.78, 5) is 39.9. The number of ether oxygens (including phenoxy) is 1. The van der Waals surface area contributed by atoms with Gasteiger partial charge in [0, 0.05) is 6.54 Å². The van der Waals surface area contributed by atoms with Gasteiger partial charge in [0.05, 0.1) is 37.2 Å². The van der Waals surface area contributed by atoms with Crippen molar-refractivity contribution >= 4 is 16.8 Å². The Labute approximate surface area is 163 Å². The number of hydrogen-bond donors (Lipinski definition) is 2. The number of nitrogens with one attached hydrogen (secondary N) is 2. The van der Waals surface area contributed by atoms with Crippen LogP contribution in [0.25, 0.3) is 10.9 Å². The highest BCUT2D eigenvalue weighted by Crippen LogP contribution is 2.16. The van der Waals surface area contributed by atoms with Crippen LogP contribution in [0.4, 0.5) is 0 Å². The molecule has 1 aliphatic heterocycles. The Morgan fingerprint density at radius 3 is 2.61 bits per heavy atom. The lowest BCUT2D eigenvalue weighted by molar-refractivity contribution is -0.906. The predicted molar refractivity (Wildman–Crippen MR) is 107 cm³/mol. The topological polar surface area (TPSA) is 86.8 Å². The molecule has 1 atom stereocenters. The third kappa shape index (κ3) is 4.02. The van der Waals surface area contributed by atoms with Gasteiger partial charge in [-0.25, -0.2) is 4.79 Å². The molecule has 1 amide bonds. The third-order valence-corrected chi connectivity index (χ3v) is 5.37. The summed E-state index contributed by atoms with van der Waals surface area (Å²) in [7, 11) is 0. The highest BCUT2D eigenvalue weighted by molar-refractivity contribution is 5.84. The van der Waals surface area contributed by atoms with Crippen LogP contribution in [0.5, 0.6) is 0 Å². The second-order valence-electron chi connectivity index (χ2n) is 7.05. The fourth-order valence-electron chi connectivity index (χ4n) is 3.79. The van der Waals surface area contributed by atoms with Crippen molar-refractivity contribution < 1.29 is 14.4 Å². The number of amides is 1. The second-order valence-corrected chi connectivity index (χ2v) is 7.05. The smallest absolute Gasteiger partial charge is 0.332 e. The number of fused-ring (bicyclic) bond motifs is 1. The van der Waals surface area contributed by atoms with E-state index in [1.165, 1.54) is 14.0 Å². The number of benzene rings is 1. The summed E-state index contributed by atoms with van der Waals surface area (Å²) < 4.78 is 8.01. The van der Waals surface area contributed by atoms with Gasteiger partial charge in [0.25, 0.3) is 5.56 Å². The van der Waals surface area contributed by atoms with Crippen LogP contribution in [-0.2, 0) is 16.1 Å². The summed E-state index contributed by atoms with van der Waals surface area (Å²) in [5.41, 5.74) is -0.250. The van der Waals surface area contributed by atoms with Crippen molar-refractivity contribution in [2.75, 3.05) is 39.4 Å². The zero-order valence-corrected chi connectivity index (χ0v) is 16.6. The Balaban J connectivity index is 1.87. The molecule has 3 rings (SSSR count). The Hall–Kier alpha value is -2.45. The van der Waals surface area contributed by atoms with Gasteiger partial charge in [0.15, 0.2) is 0 Å². The van der Waals surface area contributed by atoms with Crippen molar-refractivity contribution in [1.29, 1.82) is 0 Å². The van der Waals surface area contributed by atoms with Crippen molar-refractivity contribution in [3.05, 3.63) is 45.1 Å². The summed E-state index contributed by atoms with van der Waals surface area (Å²) in [6.45, 7) is 8.66. The normalized spacial score (nSPS) is 16.2. The first kappa shape index (κ1) is 20.3. The van der Waals surface area contributed by atoms with Crippen LogP contribution in [-0.4, -0.2) is 54.4 Å². The van der Waals surface area contributed by atoms with E-state index in [9.17, 15) is 14.4 Å². The number of hydrogen-bond acceptors (Lipinski definition) is 4. The molecule has 8 heteroatoms. The number of aromatic nitrogens is 2. The van der Waals surface area contributed by atoms with Gasteiger partial charge in [-0.2, -0.15) is 0 Å². The molecule has 1 fully saturated rings. The second kappa shape index (κ2) is 9.16. The molecule has 2 heterocycles. The van der Waals surface area contributed by atoms with E-state index in [0.717, 1.165) is 32.8 Å². The average molecular weight is 389 g/mol. The maximum atomic E-state index is 13.0. The quantitative estimate of drug-likeness (QED) is 0.647. The van der Waals surface area contributed by atoms with Crippen LogP contribution in [0.15, 0.2) is 33.9 Å². The van der Waals surface area contributed by atoms with E-state index in [1.54, 1.807) is 31.2 Å². The Morgan fingerprint density at radius 2 is 1.93 bits per heavy atom. The van der Waals surface area contributed by atoms with Gasteiger partial charge in [-0.3, -0.25) is 18.7 Å². The molecule has 1 saturated heterocycles. The molecule has 0 unspecified atom stereocenters. The first-order chi connectivity index (χ1) is 13.6. The molecule has 1 aromatic heterocycles. The van der Waals surface area contributed by atoms with Gasteiger partial charge in [0.2, 0.25) is 5.91 Å². The zero-order chi connectivity index (χ0) is 20.1. The standard InChI is InChI=1S/C20H28N4O4/c1-3-16(18(25)21-9-10-22-11-13-28-14-12-22)24-17-8-6-5-7-15(17)19(26)23(4-2)20(24)27/h5-8,16H,3-4,9-14H2,1-2H3,(H,21,25)/p+1/t16-/m1/s1. The number of rotatable bonds is 7. The molecule has 2 N–H and O–H groups in total. The van der Waals surface area contributed by atoms with Crippen LogP contribution >= 0.6 is 0 Å². The van der Waals surface area contributed by atoms with Gasteiger partial charge in [-0.15, -0.1) is 0 Å². The summed E-state index contributed by atoms with van der Waals surface area (Å²) >= 11 is 0. The molecule has 152 valence electrons. The van der Waals surface area contributed by atoms with Crippen LogP contribution in [0.2, 0.25) is 0 Å². The Kier molecular flexibility index (Phi) is 6.64. The lowest BCUT2D eigenvalue weighted by atomic mass is 10.1. The van der Waals surface area contributed by atoms with Crippen LogP contribution in [0, 0.1) is 0 Å². The lowest BCUT2D eigenvalue weighted by Crippen LogP contribution is -3.14. The largest absolute Gasteiger partial charge is 0.370 e. The molecule has 0 saturated carbocycles. The lowest BCUT2D eigenvalue weighted by Gasteiger charge is -2.25. The van der Waals surface area contributed by atoms with E-state index >= 15 is 0 Å². The van der Waals surface area contributed by atoms with E-state index in [2.05, 4.69) is 5.32 Å². The fourth-order valence-corrected chi connectivity index (χ4v) is 3.79. The first-order valence-corrected chi connectivity index (χ1v) is 10.0. The van der Waals surface area contributed by atoms with Crippen molar-refractivity contribution in [2.24, 2.45) is 0 Å². The number of para-hydroxylation sites is 1. The van der Waals surface area contributed by atoms with E-state index in [0.29, 0.717) is 23.9 Å². The third-order valence-electron chi connectivity index (χ3n) is 5.37. The maximum absolute atomic E-state index is 13.0. The van der Waals surface area contributed by atoms with Gasteiger partial charge in [-0.1, -0.05) is 19.1 Å². The molecule has 0 spiro atoms. The van der Waals surface area contributed by atoms with Crippen molar-refractivity contribution in [3.63, 3.8) is 0 Å². The number of carbonyl (C=O) groups is 1. The monoisotopic (exact) mass is 389 g/mol. The van der Waals surface area contributed by atoms with Crippen LogP contribution in [0.1, 0.15) is 26.3 Å².